The molecule has 0 radical (unpaired) electrons. The van der Waals surface area contributed by atoms with Gasteiger partial charge in [0.1, 0.15) is 0 Å². The highest BCUT2D eigenvalue weighted by molar-refractivity contribution is 5.29. The number of hydrogen-bond donors (Lipinski definition) is 1. The monoisotopic (exact) mass is 293 g/mol. The first-order valence-electron chi connectivity index (χ1n) is 8.19. The van der Waals surface area contributed by atoms with Crippen LogP contribution in [-0.2, 0) is 6.42 Å². The summed E-state index contributed by atoms with van der Waals surface area (Å²) in [4.78, 5) is 0. The molecule has 1 aromatic carbocycles. The van der Waals surface area contributed by atoms with Gasteiger partial charge in [0.25, 0.3) is 0 Å². The molecule has 0 bridgehead atoms. The van der Waals surface area contributed by atoms with E-state index in [2.05, 4.69) is 19.2 Å². The Hall–Kier alpha value is -1.09. The molecule has 0 aromatic heterocycles. The van der Waals surface area contributed by atoms with Crippen LogP contribution < -0.4 is 10.1 Å². The lowest BCUT2D eigenvalue weighted by Crippen LogP contribution is -2.37. The maximum Gasteiger partial charge on any atom is 0.165 e. The molecule has 1 fully saturated rings. The molecule has 1 aliphatic rings. The number of rotatable bonds is 7. The smallest absolute Gasteiger partial charge is 0.165 e. The van der Waals surface area contributed by atoms with Gasteiger partial charge in [-0.2, -0.15) is 0 Å². The van der Waals surface area contributed by atoms with E-state index in [9.17, 15) is 4.39 Å². The number of benzene rings is 1. The second kappa shape index (κ2) is 7.79. The van der Waals surface area contributed by atoms with Gasteiger partial charge in [-0.15, -0.1) is 0 Å². The van der Waals surface area contributed by atoms with Crippen molar-refractivity contribution in [2.75, 3.05) is 13.7 Å². The fraction of sp³-hybridized carbons (Fsp3) is 0.667. The topological polar surface area (TPSA) is 21.3 Å². The lowest BCUT2D eigenvalue weighted by atomic mass is 9.91. The Balaban J connectivity index is 2.05. The average molecular weight is 293 g/mol. The van der Waals surface area contributed by atoms with Gasteiger partial charge in [0.2, 0.25) is 0 Å². The third-order valence-corrected chi connectivity index (χ3v) is 4.63. The van der Waals surface area contributed by atoms with E-state index in [0.29, 0.717) is 11.8 Å². The van der Waals surface area contributed by atoms with Crippen molar-refractivity contribution in [2.24, 2.45) is 11.8 Å². The van der Waals surface area contributed by atoms with Crippen molar-refractivity contribution < 1.29 is 9.13 Å². The van der Waals surface area contributed by atoms with Crippen LogP contribution in [0.3, 0.4) is 0 Å². The highest BCUT2D eigenvalue weighted by atomic mass is 19.1. The van der Waals surface area contributed by atoms with E-state index < -0.39 is 0 Å². The highest BCUT2D eigenvalue weighted by Crippen LogP contribution is 2.34. The van der Waals surface area contributed by atoms with Crippen molar-refractivity contribution in [1.82, 2.24) is 5.32 Å². The first-order chi connectivity index (χ1) is 10.1. The quantitative estimate of drug-likeness (QED) is 0.814. The minimum atomic E-state index is -0.260. The molecule has 118 valence electrons. The van der Waals surface area contributed by atoms with Crippen LogP contribution in [0.1, 0.15) is 45.1 Å². The molecule has 3 unspecified atom stereocenters. The molecule has 0 saturated heterocycles. The largest absolute Gasteiger partial charge is 0.494 e. The van der Waals surface area contributed by atoms with Crippen LogP contribution in [0.4, 0.5) is 4.39 Å². The molecule has 0 spiro atoms. The highest BCUT2D eigenvalue weighted by Gasteiger charge is 2.28. The summed E-state index contributed by atoms with van der Waals surface area (Å²) in [7, 11) is 1.50. The van der Waals surface area contributed by atoms with Gasteiger partial charge in [0, 0.05) is 6.04 Å². The number of methoxy groups -OCH3 is 1. The number of nitrogens with one attached hydrogen (secondary N) is 1. The third kappa shape index (κ3) is 4.44. The molecule has 2 nitrogen and oxygen atoms in total. The Kier molecular flexibility index (Phi) is 6.04. The van der Waals surface area contributed by atoms with Crippen molar-refractivity contribution in [3.63, 3.8) is 0 Å². The molecular weight excluding hydrogens is 265 g/mol. The van der Waals surface area contributed by atoms with Crippen LogP contribution in [0.25, 0.3) is 0 Å². The van der Waals surface area contributed by atoms with Gasteiger partial charge >= 0.3 is 0 Å². The molecule has 0 heterocycles. The molecule has 2 rings (SSSR count). The van der Waals surface area contributed by atoms with Gasteiger partial charge in [-0.3, -0.25) is 0 Å². The molecule has 3 heteroatoms. The van der Waals surface area contributed by atoms with Gasteiger partial charge in [-0.1, -0.05) is 26.3 Å². The summed E-state index contributed by atoms with van der Waals surface area (Å²) in [6.07, 6.45) is 5.95. The molecule has 1 aliphatic carbocycles. The first kappa shape index (κ1) is 16.3. The minimum Gasteiger partial charge on any atom is -0.494 e. The van der Waals surface area contributed by atoms with Crippen molar-refractivity contribution in [3.8, 4) is 5.75 Å². The van der Waals surface area contributed by atoms with E-state index in [1.54, 1.807) is 12.1 Å². The summed E-state index contributed by atoms with van der Waals surface area (Å²) < 4.78 is 18.8. The van der Waals surface area contributed by atoms with Crippen LogP contribution in [0.5, 0.6) is 5.75 Å². The molecule has 0 aliphatic heterocycles. The zero-order valence-corrected chi connectivity index (χ0v) is 13.5. The normalized spacial score (nSPS) is 23.2. The SMILES string of the molecule is CCCNC(Cc1ccc(OC)c(F)c1)C1CCC(C)C1. The van der Waals surface area contributed by atoms with Gasteiger partial charge in [0.15, 0.2) is 11.6 Å². The average Bonchev–Trinajstić information content (AvgIpc) is 2.90. The van der Waals surface area contributed by atoms with E-state index in [4.69, 9.17) is 4.74 Å². The van der Waals surface area contributed by atoms with Crippen molar-refractivity contribution in [1.29, 1.82) is 0 Å². The third-order valence-electron chi connectivity index (χ3n) is 4.63. The zero-order valence-electron chi connectivity index (χ0n) is 13.5. The summed E-state index contributed by atoms with van der Waals surface area (Å²) in [6, 6.07) is 5.81. The van der Waals surface area contributed by atoms with Gasteiger partial charge in [-0.05, 0) is 61.8 Å². The fourth-order valence-corrected chi connectivity index (χ4v) is 3.44. The Labute approximate surface area is 128 Å². The molecule has 1 saturated carbocycles. The van der Waals surface area contributed by atoms with E-state index >= 15 is 0 Å². The predicted molar refractivity (Wildman–Crippen MR) is 85.2 cm³/mol. The molecule has 21 heavy (non-hydrogen) atoms. The van der Waals surface area contributed by atoms with E-state index in [1.807, 2.05) is 6.07 Å². The second-order valence-electron chi connectivity index (χ2n) is 6.41. The lowest BCUT2D eigenvalue weighted by molar-refractivity contribution is 0.347. The zero-order chi connectivity index (χ0) is 15.2. The van der Waals surface area contributed by atoms with Crippen molar-refractivity contribution in [3.05, 3.63) is 29.6 Å². The van der Waals surface area contributed by atoms with Gasteiger partial charge in [0.05, 0.1) is 7.11 Å². The fourth-order valence-electron chi connectivity index (χ4n) is 3.44. The number of hydrogen-bond acceptors (Lipinski definition) is 2. The Morgan fingerprint density at radius 1 is 1.38 bits per heavy atom. The van der Waals surface area contributed by atoms with Crippen LogP contribution in [0.2, 0.25) is 0 Å². The second-order valence-corrected chi connectivity index (χ2v) is 6.41. The predicted octanol–water partition coefficient (Wildman–Crippen LogP) is 4.18. The Bertz CT molecular complexity index is 449. The molecule has 1 aromatic rings. The molecule has 3 atom stereocenters. The summed E-state index contributed by atoms with van der Waals surface area (Å²) in [6.45, 7) is 5.56. The van der Waals surface area contributed by atoms with Crippen LogP contribution in [0, 0.1) is 17.7 Å². The maximum absolute atomic E-state index is 13.8. The molecule has 1 N–H and O–H groups in total. The Morgan fingerprint density at radius 3 is 2.76 bits per heavy atom. The Morgan fingerprint density at radius 2 is 2.19 bits per heavy atom. The molecule has 0 amide bonds. The minimum absolute atomic E-state index is 0.260. The van der Waals surface area contributed by atoms with Crippen molar-refractivity contribution in [2.45, 2.75) is 52.0 Å². The standard InChI is InChI=1S/C18H28FNO/c1-4-9-20-17(15-7-5-13(2)10-15)12-14-6-8-18(21-3)16(19)11-14/h6,8,11,13,15,17,20H,4-5,7,9-10,12H2,1-3H3. The lowest BCUT2D eigenvalue weighted by Gasteiger charge is -2.25. The summed E-state index contributed by atoms with van der Waals surface area (Å²) in [5.74, 6) is 1.61. The van der Waals surface area contributed by atoms with Crippen LogP contribution in [0.15, 0.2) is 18.2 Å². The van der Waals surface area contributed by atoms with Crippen LogP contribution in [-0.4, -0.2) is 19.7 Å². The van der Waals surface area contributed by atoms with Crippen LogP contribution >= 0.6 is 0 Å². The first-order valence-corrected chi connectivity index (χ1v) is 8.19. The van der Waals surface area contributed by atoms with Gasteiger partial charge < -0.3 is 10.1 Å². The number of halogens is 1. The maximum atomic E-state index is 13.8. The van der Waals surface area contributed by atoms with Gasteiger partial charge in [-0.25, -0.2) is 4.39 Å². The number of ether oxygens (including phenoxy) is 1. The summed E-state index contributed by atoms with van der Waals surface area (Å²) in [5.41, 5.74) is 1.06. The summed E-state index contributed by atoms with van der Waals surface area (Å²) in [5, 5.41) is 3.67. The van der Waals surface area contributed by atoms with Crippen molar-refractivity contribution >= 4 is 0 Å². The molecular formula is C18H28FNO. The van der Waals surface area contributed by atoms with E-state index in [0.717, 1.165) is 36.8 Å². The summed E-state index contributed by atoms with van der Waals surface area (Å²) >= 11 is 0. The van der Waals surface area contributed by atoms with E-state index in [-0.39, 0.29) is 5.82 Å². The van der Waals surface area contributed by atoms with E-state index in [1.165, 1.54) is 26.4 Å².